The molecular formula is C18H16N8O. The SMILES string of the molecule is O=C(N/N=C/c1ccncc1)c1cc(CN/N=C/c2ccncc2)ncn1. The van der Waals surface area contributed by atoms with Gasteiger partial charge in [0.05, 0.1) is 24.7 Å². The summed E-state index contributed by atoms with van der Waals surface area (Å²) < 4.78 is 0. The van der Waals surface area contributed by atoms with Crippen LogP contribution in [0.4, 0.5) is 0 Å². The Balaban J connectivity index is 1.52. The van der Waals surface area contributed by atoms with Crippen molar-refractivity contribution in [2.45, 2.75) is 6.54 Å². The van der Waals surface area contributed by atoms with Crippen molar-refractivity contribution in [3.8, 4) is 0 Å². The molecule has 0 aliphatic heterocycles. The topological polar surface area (TPSA) is 117 Å². The van der Waals surface area contributed by atoms with E-state index < -0.39 is 5.91 Å². The second kappa shape index (κ2) is 9.47. The average molecular weight is 360 g/mol. The molecule has 3 aromatic heterocycles. The van der Waals surface area contributed by atoms with E-state index in [0.717, 1.165) is 11.1 Å². The van der Waals surface area contributed by atoms with Gasteiger partial charge in [-0.05, 0) is 41.5 Å². The third-order valence-corrected chi connectivity index (χ3v) is 3.31. The molecule has 0 spiro atoms. The molecule has 0 atom stereocenters. The normalized spacial score (nSPS) is 11.0. The molecule has 0 radical (unpaired) electrons. The quantitative estimate of drug-likeness (QED) is 0.482. The Morgan fingerprint density at radius 3 is 2.22 bits per heavy atom. The summed E-state index contributed by atoms with van der Waals surface area (Å²) in [6, 6.07) is 8.80. The first kappa shape index (κ1) is 17.8. The third-order valence-electron chi connectivity index (χ3n) is 3.31. The van der Waals surface area contributed by atoms with Gasteiger partial charge >= 0.3 is 0 Å². The molecule has 3 heterocycles. The molecule has 0 fully saturated rings. The Morgan fingerprint density at radius 2 is 1.56 bits per heavy atom. The highest BCUT2D eigenvalue weighted by Gasteiger charge is 2.07. The summed E-state index contributed by atoms with van der Waals surface area (Å²) in [5.41, 5.74) is 7.89. The number of nitrogens with one attached hydrogen (secondary N) is 2. The highest BCUT2D eigenvalue weighted by atomic mass is 16.2. The van der Waals surface area contributed by atoms with Gasteiger partial charge in [0.15, 0.2) is 0 Å². The number of carbonyl (C=O) groups excluding carboxylic acids is 1. The van der Waals surface area contributed by atoms with Gasteiger partial charge < -0.3 is 5.43 Å². The smallest absolute Gasteiger partial charge is 0.290 e. The molecule has 9 heteroatoms. The number of pyridine rings is 2. The Labute approximate surface area is 155 Å². The molecule has 2 N–H and O–H groups in total. The predicted molar refractivity (Wildman–Crippen MR) is 100.0 cm³/mol. The summed E-state index contributed by atoms with van der Waals surface area (Å²) in [7, 11) is 0. The molecule has 0 saturated carbocycles. The Hall–Kier alpha value is -4.01. The molecular weight excluding hydrogens is 344 g/mol. The number of nitrogens with zero attached hydrogens (tertiary/aromatic N) is 6. The van der Waals surface area contributed by atoms with Crippen molar-refractivity contribution in [1.29, 1.82) is 0 Å². The fraction of sp³-hybridized carbons (Fsp3) is 0.0556. The zero-order chi connectivity index (χ0) is 18.7. The van der Waals surface area contributed by atoms with E-state index in [1.54, 1.807) is 49.2 Å². The fourth-order valence-corrected chi connectivity index (χ4v) is 1.99. The molecule has 9 nitrogen and oxygen atoms in total. The van der Waals surface area contributed by atoms with E-state index in [1.165, 1.54) is 12.5 Å². The second-order valence-electron chi connectivity index (χ2n) is 5.25. The largest absolute Gasteiger partial charge is 0.304 e. The summed E-state index contributed by atoms with van der Waals surface area (Å²) in [5.74, 6) is -0.427. The Morgan fingerprint density at radius 1 is 0.926 bits per heavy atom. The molecule has 0 bridgehead atoms. The lowest BCUT2D eigenvalue weighted by Crippen LogP contribution is -2.20. The van der Waals surface area contributed by atoms with Crippen LogP contribution in [0, 0.1) is 0 Å². The van der Waals surface area contributed by atoms with E-state index in [-0.39, 0.29) is 5.69 Å². The van der Waals surface area contributed by atoms with Crippen LogP contribution in [0.2, 0.25) is 0 Å². The molecule has 3 aromatic rings. The third kappa shape index (κ3) is 5.78. The lowest BCUT2D eigenvalue weighted by atomic mass is 10.3. The minimum atomic E-state index is -0.427. The maximum atomic E-state index is 12.1. The van der Waals surface area contributed by atoms with Gasteiger partial charge in [-0.3, -0.25) is 14.8 Å². The molecule has 0 unspecified atom stereocenters. The van der Waals surface area contributed by atoms with Gasteiger partial charge in [0.1, 0.15) is 12.0 Å². The number of amides is 1. The van der Waals surface area contributed by atoms with Gasteiger partial charge in [0.25, 0.3) is 5.91 Å². The highest BCUT2D eigenvalue weighted by Crippen LogP contribution is 1.99. The first-order valence-corrected chi connectivity index (χ1v) is 8.01. The standard InChI is InChI=1S/C18H16N8O/c27-18(26-25-11-15-3-7-20-8-4-15)17-9-16(21-13-22-17)12-24-23-10-14-1-5-19-6-2-14/h1-11,13,24H,12H2,(H,26,27)/b23-10+,25-11+. The lowest BCUT2D eigenvalue weighted by Gasteiger charge is -2.03. The van der Waals surface area contributed by atoms with Crippen molar-refractivity contribution < 1.29 is 4.79 Å². The number of rotatable bonds is 7. The number of hydrazone groups is 2. The number of carbonyl (C=O) groups is 1. The van der Waals surface area contributed by atoms with Crippen molar-refractivity contribution in [3.63, 3.8) is 0 Å². The van der Waals surface area contributed by atoms with Crippen molar-refractivity contribution in [2.24, 2.45) is 10.2 Å². The van der Waals surface area contributed by atoms with Crippen LogP contribution in [0.25, 0.3) is 0 Å². The van der Waals surface area contributed by atoms with Crippen LogP contribution in [0.1, 0.15) is 27.3 Å². The summed E-state index contributed by atoms with van der Waals surface area (Å²) in [4.78, 5) is 28.0. The van der Waals surface area contributed by atoms with E-state index in [0.29, 0.717) is 12.2 Å². The monoisotopic (exact) mass is 360 g/mol. The predicted octanol–water partition coefficient (Wildman–Crippen LogP) is 1.15. The number of hydrogen-bond donors (Lipinski definition) is 2. The minimum Gasteiger partial charge on any atom is -0.304 e. The minimum absolute atomic E-state index is 0.215. The first-order valence-electron chi connectivity index (χ1n) is 8.01. The number of hydrogen-bond acceptors (Lipinski definition) is 8. The zero-order valence-electron chi connectivity index (χ0n) is 14.2. The number of aromatic nitrogens is 4. The Bertz CT molecular complexity index is 928. The molecule has 0 aliphatic carbocycles. The van der Waals surface area contributed by atoms with Crippen LogP contribution in [0.3, 0.4) is 0 Å². The van der Waals surface area contributed by atoms with Gasteiger partial charge in [-0.1, -0.05) is 0 Å². The molecule has 1 amide bonds. The second-order valence-corrected chi connectivity index (χ2v) is 5.25. The van der Waals surface area contributed by atoms with Crippen molar-refractivity contribution >= 4 is 18.3 Å². The van der Waals surface area contributed by atoms with Gasteiger partial charge in [-0.25, -0.2) is 15.4 Å². The van der Waals surface area contributed by atoms with Gasteiger partial charge in [-0.2, -0.15) is 10.2 Å². The van der Waals surface area contributed by atoms with Crippen molar-refractivity contribution in [1.82, 2.24) is 30.8 Å². The lowest BCUT2D eigenvalue weighted by molar-refractivity contribution is 0.0950. The first-order chi connectivity index (χ1) is 13.3. The molecule has 0 aliphatic rings. The van der Waals surface area contributed by atoms with E-state index in [1.807, 2.05) is 12.1 Å². The van der Waals surface area contributed by atoms with Crippen LogP contribution in [-0.4, -0.2) is 38.3 Å². The van der Waals surface area contributed by atoms with Crippen LogP contribution in [0.5, 0.6) is 0 Å². The van der Waals surface area contributed by atoms with Gasteiger partial charge in [0, 0.05) is 24.8 Å². The summed E-state index contributed by atoms with van der Waals surface area (Å²) >= 11 is 0. The van der Waals surface area contributed by atoms with E-state index in [2.05, 4.69) is 41.0 Å². The average Bonchev–Trinajstić information content (AvgIpc) is 2.73. The van der Waals surface area contributed by atoms with Crippen LogP contribution in [0.15, 0.2) is 71.6 Å². The van der Waals surface area contributed by atoms with Crippen LogP contribution in [-0.2, 0) is 6.54 Å². The zero-order valence-corrected chi connectivity index (χ0v) is 14.2. The molecule has 27 heavy (non-hydrogen) atoms. The molecule has 0 aromatic carbocycles. The van der Waals surface area contributed by atoms with Crippen LogP contribution < -0.4 is 10.9 Å². The van der Waals surface area contributed by atoms with E-state index >= 15 is 0 Å². The summed E-state index contributed by atoms with van der Waals surface area (Å²) in [6.45, 7) is 0.352. The fourth-order valence-electron chi connectivity index (χ4n) is 1.99. The van der Waals surface area contributed by atoms with Gasteiger partial charge in [0.2, 0.25) is 0 Å². The molecule has 134 valence electrons. The highest BCUT2D eigenvalue weighted by molar-refractivity contribution is 5.93. The molecule has 3 rings (SSSR count). The van der Waals surface area contributed by atoms with E-state index in [9.17, 15) is 4.79 Å². The van der Waals surface area contributed by atoms with Crippen molar-refractivity contribution in [2.75, 3.05) is 0 Å². The summed E-state index contributed by atoms with van der Waals surface area (Å²) in [5, 5.41) is 8.00. The van der Waals surface area contributed by atoms with Gasteiger partial charge in [-0.15, -0.1) is 0 Å². The van der Waals surface area contributed by atoms with Crippen LogP contribution >= 0.6 is 0 Å². The Kier molecular flexibility index (Phi) is 6.24. The van der Waals surface area contributed by atoms with Crippen molar-refractivity contribution in [3.05, 3.63) is 84.0 Å². The summed E-state index contributed by atoms with van der Waals surface area (Å²) in [6.07, 6.45) is 11.2. The molecule has 0 saturated heterocycles. The van der Waals surface area contributed by atoms with E-state index in [4.69, 9.17) is 0 Å². The maximum Gasteiger partial charge on any atom is 0.290 e. The maximum absolute atomic E-state index is 12.1.